The zero-order valence-corrected chi connectivity index (χ0v) is 14.4. The first-order valence-corrected chi connectivity index (χ1v) is 8.62. The van der Waals surface area contributed by atoms with Crippen molar-refractivity contribution in [3.05, 3.63) is 95.1 Å². The molecule has 4 heteroatoms. The monoisotopic (exact) mass is 340 g/mol. The summed E-state index contributed by atoms with van der Waals surface area (Å²) in [7, 11) is 0. The lowest BCUT2D eigenvalue weighted by atomic mass is 9.92. The Labute approximate surface area is 152 Å². The van der Waals surface area contributed by atoms with E-state index in [9.17, 15) is 0 Å². The van der Waals surface area contributed by atoms with Gasteiger partial charge < -0.3 is 11.5 Å². The van der Waals surface area contributed by atoms with Gasteiger partial charge in [-0.25, -0.2) is 4.98 Å². The number of fused-ring (bicyclic) bond motifs is 1. The van der Waals surface area contributed by atoms with E-state index in [2.05, 4.69) is 64.6 Å². The molecule has 0 radical (unpaired) electrons. The van der Waals surface area contributed by atoms with Crippen LogP contribution in [0.3, 0.4) is 0 Å². The number of benzene rings is 3. The molecule has 0 unspecified atom stereocenters. The highest BCUT2D eigenvalue weighted by Crippen LogP contribution is 2.29. The minimum atomic E-state index is 0.205. The van der Waals surface area contributed by atoms with Crippen LogP contribution in [0.2, 0.25) is 0 Å². The van der Waals surface area contributed by atoms with Crippen LogP contribution in [0, 0.1) is 0 Å². The van der Waals surface area contributed by atoms with Crippen molar-refractivity contribution >= 4 is 22.7 Å². The molecule has 3 aromatic carbocycles. The highest BCUT2D eigenvalue weighted by atomic mass is 15.0. The Balaban J connectivity index is 1.88. The summed E-state index contributed by atoms with van der Waals surface area (Å²) in [6.07, 6.45) is 1.61. The quantitative estimate of drug-likeness (QED) is 0.589. The molecular formula is C22H20N4. The van der Waals surface area contributed by atoms with Gasteiger partial charge in [0.05, 0.1) is 5.52 Å². The largest absolute Gasteiger partial charge is 0.383 e. The topological polar surface area (TPSA) is 77.8 Å². The van der Waals surface area contributed by atoms with Gasteiger partial charge in [-0.05, 0) is 41.2 Å². The summed E-state index contributed by atoms with van der Waals surface area (Å²) < 4.78 is 0. The maximum Gasteiger partial charge on any atom is 0.222 e. The molecule has 1 heterocycles. The number of nitrogens with zero attached hydrogens (tertiary/aromatic N) is 2. The Kier molecular flexibility index (Phi) is 4.23. The van der Waals surface area contributed by atoms with E-state index in [1.807, 2.05) is 18.2 Å². The Morgan fingerprint density at radius 1 is 0.654 bits per heavy atom. The fourth-order valence-electron chi connectivity index (χ4n) is 3.37. The summed E-state index contributed by atoms with van der Waals surface area (Å²) in [4.78, 5) is 8.57. The van der Waals surface area contributed by atoms with E-state index in [0.717, 1.165) is 29.3 Å². The van der Waals surface area contributed by atoms with Crippen molar-refractivity contribution in [2.24, 2.45) is 0 Å². The molecule has 0 aliphatic rings. The number of aromatic nitrogens is 2. The zero-order chi connectivity index (χ0) is 17.9. The van der Waals surface area contributed by atoms with E-state index in [-0.39, 0.29) is 5.95 Å². The van der Waals surface area contributed by atoms with E-state index in [1.54, 1.807) is 0 Å². The molecule has 26 heavy (non-hydrogen) atoms. The fourth-order valence-corrected chi connectivity index (χ4v) is 3.37. The number of hydrogen-bond acceptors (Lipinski definition) is 4. The highest BCUT2D eigenvalue weighted by Gasteiger charge is 2.14. The highest BCUT2D eigenvalue weighted by molar-refractivity contribution is 5.93. The molecule has 0 spiro atoms. The van der Waals surface area contributed by atoms with Crippen molar-refractivity contribution in [3.63, 3.8) is 0 Å². The third kappa shape index (κ3) is 3.22. The molecule has 0 fully saturated rings. The lowest BCUT2D eigenvalue weighted by molar-refractivity contribution is 1.10. The van der Waals surface area contributed by atoms with E-state index in [1.165, 1.54) is 16.7 Å². The first-order chi connectivity index (χ1) is 12.7. The van der Waals surface area contributed by atoms with Gasteiger partial charge >= 0.3 is 0 Å². The molecular weight excluding hydrogens is 320 g/mol. The SMILES string of the molecule is Nc1nc(N)c2c(Cc3ccccc3)c(Cc3ccccc3)ccc2n1. The Morgan fingerprint density at radius 3 is 1.92 bits per heavy atom. The van der Waals surface area contributed by atoms with Crippen molar-refractivity contribution < 1.29 is 0 Å². The van der Waals surface area contributed by atoms with E-state index >= 15 is 0 Å². The zero-order valence-electron chi connectivity index (χ0n) is 14.4. The van der Waals surface area contributed by atoms with Crippen LogP contribution >= 0.6 is 0 Å². The Hall–Kier alpha value is -3.40. The summed E-state index contributed by atoms with van der Waals surface area (Å²) in [5.74, 6) is 0.643. The van der Waals surface area contributed by atoms with Crippen LogP contribution in [0.5, 0.6) is 0 Å². The molecule has 4 nitrogen and oxygen atoms in total. The molecule has 0 amide bonds. The smallest absolute Gasteiger partial charge is 0.222 e. The lowest BCUT2D eigenvalue weighted by Gasteiger charge is -2.15. The van der Waals surface area contributed by atoms with Crippen LogP contribution in [0.4, 0.5) is 11.8 Å². The molecule has 1 aromatic heterocycles. The molecule has 4 rings (SSSR count). The summed E-state index contributed by atoms with van der Waals surface area (Å²) in [5.41, 5.74) is 17.7. The summed E-state index contributed by atoms with van der Waals surface area (Å²) in [6, 6.07) is 24.9. The van der Waals surface area contributed by atoms with Gasteiger partial charge in [-0.2, -0.15) is 4.98 Å². The minimum absolute atomic E-state index is 0.205. The predicted molar refractivity (Wildman–Crippen MR) is 107 cm³/mol. The number of nitrogens with two attached hydrogens (primary N) is 2. The summed E-state index contributed by atoms with van der Waals surface area (Å²) in [6.45, 7) is 0. The maximum absolute atomic E-state index is 6.24. The molecule has 0 atom stereocenters. The van der Waals surface area contributed by atoms with Crippen molar-refractivity contribution in [2.75, 3.05) is 11.5 Å². The lowest BCUT2D eigenvalue weighted by Crippen LogP contribution is -2.05. The summed E-state index contributed by atoms with van der Waals surface area (Å²) >= 11 is 0. The summed E-state index contributed by atoms with van der Waals surface area (Å²) in [5, 5.41) is 0.900. The third-order valence-electron chi connectivity index (χ3n) is 4.58. The molecule has 0 bridgehead atoms. The second-order valence-corrected chi connectivity index (χ2v) is 6.39. The van der Waals surface area contributed by atoms with Gasteiger partial charge in [0.25, 0.3) is 0 Å². The molecule has 0 saturated carbocycles. The predicted octanol–water partition coefficient (Wildman–Crippen LogP) is 3.98. The van der Waals surface area contributed by atoms with Crippen LogP contribution in [-0.4, -0.2) is 9.97 Å². The average molecular weight is 340 g/mol. The molecule has 0 aliphatic heterocycles. The van der Waals surface area contributed by atoms with Crippen LogP contribution < -0.4 is 11.5 Å². The van der Waals surface area contributed by atoms with Gasteiger partial charge in [0, 0.05) is 5.39 Å². The Bertz CT molecular complexity index is 1040. The van der Waals surface area contributed by atoms with Crippen molar-refractivity contribution in [3.8, 4) is 0 Å². The van der Waals surface area contributed by atoms with Gasteiger partial charge in [0.1, 0.15) is 5.82 Å². The van der Waals surface area contributed by atoms with Gasteiger partial charge in [-0.1, -0.05) is 66.7 Å². The van der Waals surface area contributed by atoms with Gasteiger partial charge in [0.15, 0.2) is 0 Å². The normalized spacial score (nSPS) is 10.9. The first kappa shape index (κ1) is 16.1. The van der Waals surface area contributed by atoms with E-state index < -0.39 is 0 Å². The van der Waals surface area contributed by atoms with Crippen molar-refractivity contribution in [1.29, 1.82) is 0 Å². The molecule has 0 saturated heterocycles. The molecule has 4 aromatic rings. The molecule has 4 N–H and O–H groups in total. The van der Waals surface area contributed by atoms with Crippen LogP contribution in [0.15, 0.2) is 72.8 Å². The third-order valence-corrected chi connectivity index (χ3v) is 4.58. The maximum atomic E-state index is 6.24. The van der Waals surface area contributed by atoms with E-state index in [0.29, 0.717) is 5.82 Å². The van der Waals surface area contributed by atoms with Gasteiger partial charge in [-0.3, -0.25) is 0 Å². The number of hydrogen-bond donors (Lipinski definition) is 2. The minimum Gasteiger partial charge on any atom is -0.383 e. The number of anilines is 2. The first-order valence-electron chi connectivity index (χ1n) is 8.62. The van der Waals surface area contributed by atoms with Crippen LogP contribution in [0.25, 0.3) is 10.9 Å². The van der Waals surface area contributed by atoms with Gasteiger partial charge in [-0.15, -0.1) is 0 Å². The van der Waals surface area contributed by atoms with Crippen LogP contribution in [-0.2, 0) is 12.8 Å². The standard InChI is InChI=1S/C22H20N4/c23-21-20-18(14-16-9-5-2-6-10-16)17(13-15-7-3-1-4-8-15)11-12-19(20)25-22(24)26-21/h1-12H,13-14H2,(H4,23,24,25,26). The van der Waals surface area contributed by atoms with Crippen LogP contribution in [0.1, 0.15) is 22.3 Å². The van der Waals surface area contributed by atoms with E-state index in [4.69, 9.17) is 11.5 Å². The molecule has 0 aliphatic carbocycles. The van der Waals surface area contributed by atoms with Crippen molar-refractivity contribution in [1.82, 2.24) is 9.97 Å². The molecule has 128 valence electrons. The number of rotatable bonds is 4. The second-order valence-electron chi connectivity index (χ2n) is 6.39. The Morgan fingerprint density at radius 2 is 1.27 bits per heavy atom. The average Bonchev–Trinajstić information content (AvgIpc) is 2.65. The second kappa shape index (κ2) is 6.84. The number of nitrogen functional groups attached to an aromatic ring is 2. The van der Waals surface area contributed by atoms with Gasteiger partial charge in [0.2, 0.25) is 5.95 Å². The van der Waals surface area contributed by atoms with Crippen molar-refractivity contribution in [2.45, 2.75) is 12.8 Å². The fraction of sp³-hybridized carbons (Fsp3) is 0.0909.